The second kappa shape index (κ2) is 7.76. The fourth-order valence-corrected chi connectivity index (χ4v) is 4.68. The monoisotopic (exact) mass is 419 g/mol. The summed E-state index contributed by atoms with van der Waals surface area (Å²) in [6.45, 7) is 5.63. The van der Waals surface area contributed by atoms with E-state index in [0.29, 0.717) is 12.8 Å². The van der Waals surface area contributed by atoms with Crippen molar-refractivity contribution in [2.45, 2.75) is 33.6 Å². The summed E-state index contributed by atoms with van der Waals surface area (Å²) in [7, 11) is 1.76. The highest BCUT2D eigenvalue weighted by atomic mass is 32.1. The summed E-state index contributed by atoms with van der Waals surface area (Å²) in [4.78, 5) is 36.3. The number of rotatable bonds is 3. The molecule has 0 N–H and O–H groups in total. The van der Waals surface area contributed by atoms with Gasteiger partial charge in [0.15, 0.2) is 5.78 Å². The molecule has 0 saturated heterocycles. The smallest absolute Gasteiger partial charge is 0.237 e. The summed E-state index contributed by atoms with van der Waals surface area (Å²) in [5.41, 5.74) is 4.39. The minimum absolute atomic E-state index is 0.00822. The second-order valence-corrected chi connectivity index (χ2v) is 9.58. The van der Waals surface area contributed by atoms with Crippen LogP contribution in [0, 0.1) is 11.3 Å². The van der Waals surface area contributed by atoms with Crippen molar-refractivity contribution in [3.8, 4) is 21.8 Å². The van der Waals surface area contributed by atoms with Crippen molar-refractivity contribution in [2.24, 2.45) is 11.3 Å². The van der Waals surface area contributed by atoms with E-state index in [2.05, 4.69) is 16.4 Å². The van der Waals surface area contributed by atoms with Crippen molar-refractivity contribution in [2.75, 3.05) is 11.9 Å². The van der Waals surface area contributed by atoms with Crippen LogP contribution in [0.25, 0.3) is 21.8 Å². The maximum atomic E-state index is 13.0. The quantitative estimate of drug-likeness (QED) is 0.560. The van der Waals surface area contributed by atoms with Crippen LogP contribution in [-0.4, -0.2) is 28.7 Å². The number of ketones is 1. The molecular formula is C24H25N3O2S. The summed E-state index contributed by atoms with van der Waals surface area (Å²) in [6, 6.07) is 9.98. The van der Waals surface area contributed by atoms with Crippen LogP contribution >= 0.6 is 11.3 Å². The Hall–Kier alpha value is -2.86. The molecule has 1 atom stereocenters. The van der Waals surface area contributed by atoms with E-state index in [1.165, 1.54) is 0 Å². The number of carbonyl (C=O) groups is 2. The number of thiazole rings is 1. The maximum absolute atomic E-state index is 13.0. The molecule has 154 valence electrons. The van der Waals surface area contributed by atoms with E-state index in [4.69, 9.17) is 4.98 Å². The Balaban J connectivity index is 1.64. The summed E-state index contributed by atoms with van der Waals surface area (Å²) in [6.07, 6.45) is 4.75. The van der Waals surface area contributed by atoms with Crippen molar-refractivity contribution in [3.63, 3.8) is 0 Å². The van der Waals surface area contributed by atoms with Crippen LogP contribution in [0.2, 0.25) is 0 Å². The lowest BCUT2D eigenvalue weighted by Gasteiger charge is -2.25. The zero-order valence-electron chi connectivity index (χ0n) is 17.7. The predicted molar refractivity (Wildman–Crippen MR) is 120 cm³/mol. The Morgan fingerprint density at radius 2 is 1.87 bits per heavy atom. The first-order chi connectivity index (χ1) is 14.3. The topological polar surface area (TPSA) is 63.2 Å². The standard InChI is InChI=1S/C24H25N3O2S/c1-24(2,3)21(28)18-7-5-17-13-16(6-8-20(17)27(4)23(18)29)19-14-30-22(26-19)15-9-11-25-12-10-15/h6,8-14,18H,5,7H2,1-4H3. The van der Waals surface area contributed by atoms with Crippen molar-refractivity contribution < 1.29 is 9.59 Å². The van der Waals surface area contributed by atoms with Gasteiger partial charge in [-0.15, -0.1) is 11.3 Å². The van der Waals surface area contributed by atoms with Gasteiger partial charge >= 0.3 is 0 Å². The number of hydrogen-bond donors (Lipinski definition) is 0. The third kappa shape index (κ3) is 3.79. The number of aryl methyl sites for hydroxylation is 1. The number of nitrogens with zero attached hydrogens (tertiary/aromatic N) is 3. The van der Waals surface area contributed by atoms with Gasteiger partial charge in [0.05, 0.1) is 11.6 Å². The van der Waals surface area contributed by atoms with Gasteiger partial charge in [0.1, 0.15) is 5.01 Å². The molecule has 3 heterocycles. The van der Waals surface area contributed by atoms with E-state index < -0.39 is 11.3 Å². The molecule has 1 aliphatic heterocycles. The van der Waals surface area contributed by atoms with E-state index in [-0.39, 0.29) is 11.7 Å². The SMILES string of the molecule is CN1C(=O)C(C(=O)C(C)(C)C)CCc2cc(-c3csc(-c4ccncc4)n3)ccc21. The normalized spacial score (nSPS) is 16.9. The molecule has 2 aromatic heterocycles. The zero-order valence-corrected chi connectivity index (χ0v) is 18.5. The highest BCUT2D eigenvalue weighted by molar-refractivity contribution is 7.13. The summed E-state index contributed by atoms with van der Waals surface area (Å²) in [5, 5.41) is 3.00. The average molecular weight is 420 g/mol. The molecule has 0 saturated carbocycles. The van der Waals surface area contributed by atoms with Crippen LogP contribution < -0.4 is 4.90 Å². The zero-order chi connectivity index (χ0) is 21.5. The van der Waals surface area contributed by atoms with Crippen LogP contribution in [0.1, 0.15) is 32.8 Å². The lowest BCUT2D eigenvalue weighted by molar-refractivity contribution is -0.137. The molecule has 1 aromatic carbocycles. The molecule has 3 aromatic rings. The van der Waals surface area contributed by atoms with Crippen molar-refractivity contribution >= 4 is 28.7 Å². The number of carbonyl (C=O) groups excluding carboxylic acids is 2. The molecule has 0 radical (unpaired) electrons. The third-order valence-corrected chi connectivity index (χ3v) is 6.45. The van der Waals surface area contributed by atoms with Gasteiger partial charge in [-0.05, 0) is 42.7 Å². The number of hydrogen-bond acceptors (Lipinski definition) is 5. The first kappa shape index (κ1) is 20.4. The Morgan fingerprint density at radius 3 is 2.57 bits per heavy atom. The average Bonchev–Trinajstić information content (AvgIpc) is 3.19. The van der Waals surface area contributed by atoms with Gasteiger partial charge in [0.25, 0.3) is 0 Å². The highest BCUT2D eigenvalue weighted by Gasteiger charge is 2.38. The van der Waals surface area contributed by atoms with Gasteiger partial charge in [0, 0.05) is 47.1 Å². The van der Waals surface area contributed by atoms with Gasteiger partial charge in [-0.2, -0.15) is 0 Å². The molecular weight excluding hydrogens is 394 g/mol. The van der Waals surface area contributed by atoms with E-state index in [9.17, 15) is 9.59 Å². The van der Waals surface area contributed by atoms with Crippen LogP contribution in [0.4, 0.5) is 5.69 Å². The molecule has 4 rings (SSSR count). The van der Waals surface area contributed by atoms with E-state index in [1.807, 2.05) is 45.0 Å². The summed E-state index contributed by atoms with van der Waals surface area (Å²) < 4.78 is 0. The van der Waals surface area contributed by atoms with Crippen LogP contribution in [0.15, 0.2) is 48.1 Å². The molecule has 1 unspecified atom stereocenters. The third-order valence-electron chi connectivity index (χ3n) is 5.55. The maximum Gasteiger partial charge on any atom is 0.237 e. The molecule has 30 heavy (non-hydrogen) atoms. The van der Waals surface area contributed by atoms with Gasteiger partial charge in [-0.1, -0.05) is 26.8 Å². The number of fused-ring (bicyclic) bond motifs is 1. The Morgan fingerprint density at radius 1 is 1.13 bits per heavy atom. The first-order valence-corrected chi connectivity index (χ1v) is 10.9. The molecule has 6 heteroatoms. The highest BCUT2D eigenvalue weighted by Crippen LogP contribution is 2.36. The minimum Gasteiger partial charge on any atom is -0.315 e. The van der Waals surface area contributed by atoms with Gasteiger partial charge in [-0.25, -0.2) is 4.98 Å². The number of Topliss-reactive ketones (excluding diaryl/α,β-unsaturated/α-hetero) is 1. The lowest BCUT2D eigenvalue weighted by Crippen LogP contribution is -2.40. The number of benzene rings is 1. The number of aromatic nitrogens is 2. The van der Waals surface area contributed by atoms with Crippen molar-refractivity contribution in [1.29, 1.82) is 0 Å². The van der Waals surface area contributed by atoms with Gasteiger partial charge < -0.3 is 4.90 Å². The first-order valence-electron chi connectivity index (χ1n) is 10.1. The Bertz CT molecular complexity index is 1100. The minimum atomic E-state index is -0.594. The van der Waals surface area contributed by atoms with Crippen LogP contribution in [-0.2, 0) is 16.0 Å². The molecule has 0 bridgehead atoms. The van der Waals surface area contributed by atoms with Gasteiger partial charge in [-0.3, -0.25) is 14.6 Å². The van der Waals surface area contributed by atoms with Gasteiger partial charge in [0.2, 0.25) is 5.91 Å². The summed E-state index contributed by atoms with van der Waals surface area (Å²) >= 11 is 1.60. The molecule has 5 nitrogen and oxygen atoms in total. The van der Waals surface area contributed by atoms with E-state index in [1.54, 1.807) is 35.7 Å². The van der Waals surface area contributed by atoms with E-state index >= 15 is 0 Å². The molecule has 1 amide bonds. The lowest BCUT2D eigenvalue weighted by atomic mass is 9.80. The van der Waals surface area contributed by atoms with Crippen molar-refractivity contribution in [3.05, 3.63) is 53.7 Å². The summed E-state index contributed by atoms with van der Waals surface area (Å²) in [5.74, 6) is -0.702. The Kier molecular flexibility index (Phi) is 5.28. The fraction of sp³-hybridized carbons (Fsp3) is 0.333. The molecule has 0 aliphatic carbocycles. The molecule has 0 spiro atoms. The predicted octanol–water partition coefficient (Wildman–Crippen LogP) is 5.01. The molecule has 0 fully saturated rings. The van der Waals surface area contributed by atoms with Crippen LogP contribution in [0.5, 0.6) is 0 Å². The van der Waals surface area contributed by atoms with Crippen molar-refractivity contribution in [1.82, 2.24) is 9.97 Å². The Labute approximate surface area is 180 Å². The fourth-order valence-electron chi connectivity index (χ4n) is 3.85. The number of pyridine rings is 1. The second-order valence-electron chi connectivity index (χ2n) is 8.72. The number of amides is 1. The largest absolute Gasteiger partial charge is 0.315 e. The number of anilines is 1. The molecule has 1 aliphatic rings. The van der Waals surface area contributed by atoms with E-state index in [0.717, 1.165) is 33.1 Å². The van der Waals surface area contributed by atoms with Crippen LogP contribution in [0.3, 0.4) is 0 Å².